The van der Waals surface area contributed by atoms with Crippen LogP contribution in [0.4, 0.5) is 0 Å². The van der Waals surface area contributed by atoms with Crippen LogP contribution in [0.5, 0.6) is 0 Å². The molecular weight excluding hydrogens is 145 g/mol. The normalized spacial score (nSPS) is 8.25. The van der Waals surface area contributed by atoms with Crippen LogP contribution < -0.4 is 0 Å². The fourth-order valence-corrected chi connectivity index (χ4v) is 0.594. The van der Waals surface area contributed by atoms with E-state index in [-0.39, 0.29) is 16.8 Å². The van der Waals surface area contributed by atoms with E-state index in [4.69, 9.17) is 0 Å². The van der Waals surface area contributed by atoms with E-state index in [1.165, 1.54) is 11.3 Å². The summed E-state index contributed by atoms with van der Waals surface area (Å²) in [5.41, 5.74) is 2.36. The van der Waals surface area contributed by atoms with Gasteiger partial charge in [-0.3, -0.25) is 0 Å². The topological polar surface area (TPSA) is 15.8 Å². The Bertz CT molecular complexity index is 141. The summed E-state index contributed by atoms with van der Waals surface area (Å²) in [6.45, 7) is 4.03. The van der Waals surface area contributed by atoms with Gasteiger partial charge in [-0.15, -0.1) is 11.9 Å². The Morgan fingerprint density at radius 2 is 2.12 bits per heavy atom. The Balaban J connectivity index is 0.000000490. The molecule has 0 aliphatic carbocycles. The Labute approximate surface area is 59.7 Å². The van der Waals surface area contributed by atoms with Crippen LogP contribution in [0, 0.1) is 20.0 Å². The zero-order chi connectivity index (χ0) is 5.28. The van der Waals surface area contributed by atoms with Crippen LogP contribution in [0.1, 0.15) is 11.3 Å². The molecule has 1 heterocycles. The molecule has 0 unspecified atom stereocenters. The number of rotatable bonds is 0. The summed E-state index contributed by atoms with van der Waals surface area (Å²) in [7, 11) is 0. The van der Waals surface area contributed by atoms with Crippen molar-refractivity contribution in [2.24, 2.45) is 0 Å². The van der Waals surface area contributed by atoms with Gasteiger partial charge in [0.2, 0.25) is 0 Å². The molecule has 1 aromatic rings. The van der Waals surface area contributed by atoms with Gasteiger partial charge in [-0.25, -0.2) is 0 Å². The van der Waals surface area contributed by atoms with Crippen LogP contribution in [-0.2, 0) is 16.8 Å². The van der Waals surface area contributed by atoms with Crippen molar-refractivity contribution in [1.29, 1.82) is 0 Å². The van der Waals surface area contributed by atoms with Crippen molar-refractivity contribution < 1.29 is 16.8 Å². The quantitative estimate of drug-likeness (QED) is 0.542. The van der Waals surface area contributed by atoms with E-state index in [2.05, 4.69) is 17.2 Å². The maximum absolute atomic E-state index is 2.94. The number of aryl methyl sites for hydroxylation is 2. The predicted molar refractivity (Wildman–Crippen MR) is 29.1 cm³/mol. The van der Waals surface area contributed by atoms with Gasteiger partial charge in [-0.1, -0.05) is 13.8 Å². The molecule has 1 radical (unpaired) electrons. The van der Waals surface area contributed by atoms with Gasteiger partial charge >= 0.3 is 0 Å². The van der Waals surface area contributed by atoms with Gasteiger partial charge in [-0.2, -0.15) is 11.6 Å². The average Bonchev–Trinajstić information content (AvgIpc) is 1.87. The molecule has 1 aromatic heterocycles. The molecule has 0 spiro atoms. The summed E-state index contributed by atoms with van der Waals surface area (Å²) >= 11 is 0. The number of H-pyrrole nitrogens is 1. The fourth-order valence-electron chi connectivity index (χ4n) is 0.594. The van der Waals surface area contributed by atoms with E-state index in [0.29, 0.717) is 0 Å². The smallest absolute Gasteiger partial charge is 0 e. The van der Waals surface area contributed by atoms with E-state index in [9.17, 15) is 0 Å². The maximum atomic E-state index is 2.94. The SMILES string of the molecule is Cc1[c-][nH]c(C)c1.[Co]. The van der Waals surface area contributed by atoms with E-state index >= 15 is 0 Å². The Hall–Kier alpha value is -0.214. The minimum atomic E-state index is 0. The second-order valence-electron chi connectivity index (χ2n) is 1.76. The molecule has 0 aliphatic heterocycles. The molecule has 1 N–H and O–H groups in total. The van der Waals surface area contributed by atoms with E-state index < -0.39 is 0 Å². The summed E-state index contributed by atoms with van der Waals surface area (Å²) in [6.07, 6.45) is 2.94. The van der Waals surface area contributed by atoms with Crippen LogP contribution in [-0.4, -0.2) is 4.98 Å². The van der Waals surface area contributed by atoms with Crippen LogP contribution in [0.2, 0.25) is 0 Å². The third-order valence-corrected chi connectivity index (χ3v) is 0.890. The maximum Gasteiger partial charge on any atom is 0 e. The summed E-state index contributed by atoms with van der Waals surface area (Å²) in [5.74, 6) is 0. The molecule has 1 rings (SSSR count). The molecule has 0 bridgehead atoms. The van der Waals surface area contributed by atoms with E-state index in [0.717, 1.165) is 0 Å². The zero-order valence-corrected chi connectivity index (χ0v) is 5.95. The van der Waals surface area contributed by atoms with Crippen LogP contribution in [0.25, 0.3) is 0 Å². The molecule has 0 saturated heterocycles. The molecule has 0 amide bonds. The van der Waals surface area contributed by atoms with Crippen molar-refractivity contribution in [3.05, 3.63) is 23.5 Å². The number of nitrogens with one attached hydrogen (secondary N) is 1. The van der Waals surface area contributed by atoms with Crippen molar-refractivity contribution >= 4 is 0 Å². The molecular formula is C6H8CoN-. The number of aromatic amines is 1. The summed E-state index contributed by atoms with van der Waals surface area (Å²) < 4.78 is 0. The van der Waals surface area contributed by atoms with Crippen LogP contribution >= 0.6 is 0 Å². The number of hydrogen-bond acceptors (Lipinski definition) is 0. The molecule has 0 atom stereocenters. The van der Waals surface area contributed by atoms with E-state index in [1.54, 1.807) is 0 Å². The van der Waals surface area contributed by atoms with Gasteiger partial charge in [0.1, 0.15) is 0 Å². The zero-order valence-electron chi connectivity index (χ0n) is 4.91. The minimum absolute atomic E-state index is 0. The van der Waals surface area contributed by atoms with Gasteiger partial charge in [0.25, 0.3) is 0 Å². The molecule has 0 aliphatic rings. The number of aromatic nitrogens is 1. The molecule has 1 nitrogen and oxygen atoms in total. The molecule has 2 heteroatoms. The second kappa shape index (κ2) is 2.94. The van der Waals surface area contributed by atoms with Crippen molar-refractivity contribution in [1.82, 2.24) is 4.98 Å². The minimum Gasteiger partial charge on any atom is -0.481 e. The molecule has 0 fully saturated rings. The Kier molecular flexibility index (Phi) is 2.86. The van der Waals surface area contributed by atoms with Gasteiger partial charge in [0.15, 0.2) is 0 Å². The first-order valence-corrected chi connectivity index (χ1v) is 2.33. The van der Waals surface area contributed by atoms with Gasteiger partial charge in [0, 0.05) is 16.8 Å². The number of hydrogen-bond donors (Lipinski definition) is 1. The standard InChI is InChI=1S/C6H8N.Co/c1-5-3-6(2)7-4-5;/h3,7H,1-2H3;/q-1;. The Morgan fingerprint density at radius 3 is 2.25 bits per heavy atom. The van der Waals surface area contributed by atoms with Crippen molar-refractivity contribution in [3.8, 4) is 0 Å². The van der Waals surface area contributed by atoms with Gasteiger partial charge in [0.05, 0.1) is 0 Å². The van der Waals surface area contributed by atoms with Crippen molar-refractivity contribution in [2.75, 3.05) is 0 Å². The van der Waals surface area contributed by atoms with Gasteiger partial charge in [-0.05, 0) is 0 Å². The van der Waals surface area contributed by atoms with Crippen molar-refractivity contribution in [3.63, 3.8) is 0 Å². The fraction of sp³-hybridized carbons (Fsp3) is 0.333. The predicted octanol–water partition coefficient (Wildman–Crippen LogP) is 1.43. The van der Waals surface area contributed by atoms with Crippen LogP contribution in [0.15, 0.2) is 6.07 Å². The first-order valence-electron chi connectivity index (χ1n) is 2.33. The van der Waals surface area contributed by atoms with Crippen molar-refractivity contribution in [2.45, 2.75) is 13.8 Å². The molecule has 8 heavy (non-hydrogen) atoms. The first kappa shape index (κ1) is 7.79. The second-order valence-corrected chi connectivity index (χ2v) is 1.76. The average molecular weight is 153 g/mol. The third kappa shape index (κ3) is 1.72. The third-order valence-electron chi connectivity index (χ3n) is 0.890. The summed E-state index contributed by atoms with van der Waals surface area (Å²) in [5, 5.41) is 0. The summed E-state index contributed by atoms with van der Waals surface area (Å²) in [6, 6.07) is 2.06. The Morgan fingerprint density at radius 1 is 1.50 bits per heavy atom. The van der Waals surface area contributed by atoms with Gasteiger partial charge < -0.3 is 4.98 Å². The molecule has 0 aromatic carbocycles. The largest absolute Gasteiger partial charge is 0.481 e. The van der Waals surface area contributed by atoms with E-state index in [1.807, 2.05) is 13.8 Å². The van der Waals surface area contributed by atoms with Crippen LogP contribution in [0.3, 0.4) is 0 Å². The first-order chi connectivity index (χ1) is 3.29. The molecule has 47 valence electrons. The monoisotopic (exact) mass is 153 g/mol. The molecule has 0 saturated carbocycles. The summed E-state index contributed by atoms with van der Waals surface area (Å²) in [4.78, 5) is 2.94.